The number of Topliss-reactive ketones (excluding diaryl/α,β-unsaturated/α-hetero) is 1. The van der Waals surface area contributed by atoms with Gasteiger partial charge in [-0.25, -0.2) is 0 Å². The van der Waals surface area contributed by atoms with Crippen molar-refractivity contribution in [1.29, 1.82) is 0 Å². The summed E-state index contributed by atoms with van der Waals surface area (Å²) in [7, 11) is 0. The van der Waals surface area contributed by atoms with Crippen LogP contribution in [0.2, 0.25) is 0 Å². The molecule has 0 fully saturated rings. The molecule has 0 N–H and O–H groups in total. The summed E-state index contributed by atoms with van der Waals surface area (Å²) in [5.74, 6) is 0.832. The first-order chi connectivity index (χ1) is 7.22. The van der Waals surface area contributed by atoms with Crippen LogP contribution in [0.5, 0.6) is 0 Å². The molecule has 1 heteroatoms. The van der Waals surface area contributed by atoms with Gasteiger partial charge in [-0.2, -0.15) is 0 Å². The molecule has 1 nitrogen and oxygen atoms in total. The molecular formula is C14H18O. The third kappa shape index (κ3) is 1.97. The highest BCUT2D eigenvalue weighted by Gasteiger charge is 2.28. The lowest BCUT2D eigenvalue weighted by atomic mass is 9.94. The van der Waals surface area contributed by atoms with E-state index in [2.05, 4.69) is 19.9 Å². The van der Waals surface area contributed by atoms with Gasteiger partial charge in [-0.15, -0.1) is 0 Å². The number of rotatable bonds is 3. The highest BCUT2D eigenvalue weighted by Crippen LogP contribution is 2.36. The molecule has 0 amide bonds. The predicted octanol–water partition coefficient (Wildman–Crippen LogP) is 3.86. The maximum Gasteiger partial charge on any atom is 0.163 e. The van der Waals surface area contributed by atoms with Gasteiger partial charge in [0.05, 0.1) is 0 Å². The lowest BCUT2D eigenvalue weighted by Gasteiger charge is -2.09. The van der Waals surface area contributed by atoms with Crippen molar-refractivity contribution in [1.82, 2.24) is 0 Å². The fourth-order valence-electron chi connectivity index (χ4n) is 2.43. The Kier molecular flexibility index (Phi) is 2.90. The first-order valence-corrected chi connectivity index (χ1v) is 5.86. The molecule has 1 aromatic rings. The van der Waals surface area contributed by atoms with Crippen LogP contribution >= 0.6 is 0 Å². The van der Waals surface area contributed by atoms with Crippen LogP contribution in [0.3, 0.4) is 0 Å². The fraction of sp³-hybridized carbons (Fsp3) is 0.500. The third-order valence-electron chi connectivity index (χ3n) is 3.29. The highest BCUT2D eigenvalue weighted by atomic mass is 16.1. The van der Waals surface area contributed by atoms with Crippen molar-refractivity contribution in [3.05, 3.63) is 34.9 Å². The predicted molar refractivity (Wildman–Crippen MR) is 62.4 cm³/mol. The van der Waals surface area contributed by atoms with Gasteiger partial charge in [0.2, 0.25) is 0 Å². The molecule has 0 spiro atoms. The summed E-state index contributed by atoms with van der Waals surface area (Å²) in [5.41, 5.74) is 3.54. The molecule has 1 aliphatic rings. The standard InChI is InChI=1S/C14H18O/c1-3-4-5-11-9-14(15)12-7-6-10(2)8-13(11)12/h6-8,11H,3-5,9H2,1-2H3. The average molecular weight is 202 g/mol. The largest absolute Gasteiger partial charge is 0.294 e. The van der Waals surface area contributed by atoms with Crippen LogP contribution in [0, 0.1) is 6.92 Å². The van der Waals surface area contributed by atoms with Crippen LogP contribution in [0.15, 0.2) is 18.2 Å². The van der Waals surface area contributed by atoms with Crippen LogP contribution in [-0.4, -0.2) is 5.78 Å². The van der Waals surface area contributed by atoms with Gasteiger partial charge in [-0.05, 0) is 24.8 Å². The van der Waals surface area contributed by atoms with Crippen LogP contribution in [-0.2, 0) is 0 Å². The summed E-state index contributed by atoms with van der Waals surface area (Å²) in [5, 5.41) is 0. The van der Waals surface area contributed by atoms with Crippen molar-refractivity contribution < 1.29 is 4.79 Å². The van der Waals surface area contributed by atoms with Gasteiger partial charge in [0.25, 0.3) is 0 Å². The lowest BCUT2D eigenvalue weighted by Crippen LogP contribution is -1.94. The minimum absolute atomic E-state index is 0.339. The van der Waals surface area contributed by atoms with Gasteiger partial charge in [0, 0.05) is 12.0 Å². The molecule has 0 saturated carbocycles. The minimum atomic E-state index is 0.339. The van der Waals surface area contributed by atoms with Crippen molar-refractivity contribution in [2.75, 3.05) is 0 Å². The number of aryl methyl sites for hydroxylation is 1. The average Bonchev–Trinajstić information content (AvgIpc) is 2.52. The topological polar surface area (TPSA) is 17.1 Å². The van der Waals surface area contributed by atoms with Gasteiger partial charge in [0.1, 0.15) is 0 Å². The Hall–Kier alpha value is -1.11. The number of carbonyl (C=O) groups is 1. The van der Waals surface area contributed by atoms with E-state index in [1.54, 1.807) is 0 Å². The number of carbonyl (C=O) groups excluding carboxylic acids is 1. The molecule has 1 aromatic carbocycles. The maximum absolute atomic E-state index is 11.8. The minimum Gasteiger partial charge on any atom is -0.294 e. The van der Waals surface area contributed by atoms with Crippen molar-refractivity contribution in [3.63, 3.8) is 0 Å². The fourth-order valence-corrected chi connectivity index (χ4v) is 2.43. The van der Waals surface area contributed by atoms with E-state index in [9.17, 15) is 4.79 Å². The van der Waals surface area contributed by atoms with Gasteiger partial charge in [-0.3, -0.25) is 4.79 Å². The first-order valence-electron chi connectivity index (χ1n) is 5.86. The summed E-state index contributed by atoms with van der Waals surface area (Å²) in [6, 6.07) is 6.23. The van der Waals surface area contributed by atoms with Gasteiger partial charge in [0.15, 0.2) is 5.78 Å². The van der Waals surface area contributed by atoms with E-state index in [4.69, 9.17) is 0 Å². The van der Waals surface area contributed by atoms with E-state index in [-0.39, 0.29) is 0 Å². The number of hydrogen-bond donors (Lipinski definition) is 0. The molecule has 1 atom stereocenters. The monoisotopic (exact) mass is 202 g/mol. The quantitative estimate of drug-likeness (QED) is 0.727. The molecule has 0 radical (unpaired) electrons. The van der Waals surface area contributed by atoms with E-state index >= 15 is 0 Å². The van der Waals surface area contributed by atoms with Crippen LogP contribution < -0.4 is 0 Å². The summed E-state index contributed by atoms with van der Waals surface area (Å²) < 4.78 is 0. The summed E-state index contributed by atoms with van der Waals surface area (Å²) in [6.07, 6.45) is 4.34. The van der Waals surface area contributed by atoms with E-state index in [0.29, 0.717) is 11.7 Å². The first kappa shape index (κ1) is 10.4. The number of fused-ring (bicyclic) bond motifs is 1. The number of ketones is 1. The molecule has 2 rings (SSSR count). The van der Waals surface area contributed by atoms with Crippen molar-refractivity contribution in [3.8, 4) is 0 Å². The molecule has 15 heavy (non-hydrogen) atoms. The zero-order chi connectivity index (χ0) is 10.8. The third-order valence-corrected chi connectivity index (χ3v) is 3.29. The Morgan fingerprint density at radius 1 is 1.40 bits per heavy atom. The zero-order valence-electron chi connectivity index (χ0n) is 9.55. The van der Waals surface area contributed by atoms with Crippen LogP contribution in [0.4, 0.5) is 0 Å². The van der Waals surface area contributed by atoms with Crippen LogP contribution in [0.1, 0.15) is 60.0 Å². The van der Waals surface area contributed by atoms with Crippen LogP contribution in [0.25, 0.3) is 0 Å². The molecular weight excluding hydrogens is 184 g/mol. The summed E-state index contributed by atoms with van der Waals surface area (Å²) >= 11 is 0. The second-order valence-electron chi connectivity index (χ2n) is 4.56. The lowest BCUT2D eigenvalue weighted by molar-refractivity contribution is 0.0988. The van der Waals surface area contributed by atoms with Gasteiger partial charge >= 0.3 is 0 Å². The summed E-state index contributed by atoms with van der Waals surface area (Å²) in [6.45, 7) is 4.30. The molecule has 0 aliphatic heterocycles. The smallest absolute Gasteiger partial charge is 0.163 e. The van der Waals surface area contributed by atoms with Crippen molar-refractivity contribution >= 4 is 5.78 Å². The Morgan fingerprint density at radius 3 is 2.93 bits per heavy atom. The molecule has 0 aromatic heterocycles. The Bertz CT molecular complexity index is 379. The van der Waals surface area contributed by atoms with E-state index in [1.165, 1.54) is 30.4 Å². The molecule has 80 valence electrons. The second-order valence-corrected chi connectivity index (χ2v) is 4.56. The molecule has 0 bridgehead atoms. The van der Waals surface area contributed by atoms with E-state index in [0.717, 1.165) is 12.0 Å². The second kappa shape index (κ2) is 4.18. The van der Waals surface area contributed by atoms with Crippen molar-refractivity contribution in [2.45, 2.75) is 45.4 Å². The molecule has 1 unspecified atom stereocenters. The number of hydrogen-bond acceptors (Lipinski definition) is 1. The number of benzene rings is 1. The molecule has 0 heterocycles. The van der Waals surface area contributed by atoms with E-state index in [1.807, 2.05) is 12.1 Å². The molecule has 0 saturated heterocycles. The maximum atomic E-state index is 11.8. The van der Waals surface area contributed by atoms with Gasteiger partial charge in [-0.1, -0.05) is 43.5 Å². The summed E-state index contributed by atoms with van der Waals surface area (Å²) in [4.78, 5) is 11.8. The Labute approximate surface area is 91.5 Å². The Balaban J connectivity index is 2.27. The van der Waals surface area contributed by atoms with Crippen molar-refractivity contribution in [2.24, 2.45) is 0 Å². The normalized spacial score (nSPS) is 19.3. The highest BCUT2D eigenvalue weighted by molar-refractivity contribution is 6.01. The molecule has 1 aliphatic carbocycles. The number of unbranched alkanes of at least 4 members (excludes halogenated alkanes) is 1. The van der Waals surface area contributed by atoms with Gasteiger partial charge < -0.3 is 0 Å². The SMILES string of the molecule is CCCCC1CC(=O)c2ccc(C)cc21. The Morgan fingerprint density at radius 2 is 2.20 bits per heavy atom. The zero-order valence-corrected chi connectivity index (χ0v) is 9.55. The van der Waals surface area contributed by atoms with E-state index < -0.39 is 0 Å².